The van der Waals surface area contributed by atoms with Gasteiger partial charge in [0.25, 0.3) is 0 Å². The van der Waals surface area contributed by atoms with Gasteiger partial charge in [-0.1, -0.05) is 0 Å². The third kappa shape index (κ3) is 2.33. The number of rotatable bonds is 5. The number of ether oxygens (including phenoxy) is 1. The van der Waals surface area contributed by atoms with Crippen molar-refractivity contribution in [2.45, 2.75) is 25.0 Å². The second-order valence-electron chi connectivity index (χ2n) is 3.98. The SMILES string of the molecule is CNC(c1cncnc1)C(OC)C1CC1. The van der Waals surface area contributed by atoms with Crippen molar-refractivity contribution >= 4 is 0 Å². The molecule has 1 N–H and O–H groups in total. The molecule has 2 rings (SSSR count). The van der Waals surface area contributed by atoms with Gasteiger partial charge in [0.2, 0.25) is 0 Å². The monoisotopic (exact) mass is 207 g/mol. The Morgan fingerprint density at radius 3 is 2.53 bits per heavy atom. The lowest BCUT2D eigenvalue weighted by Crippen LogP contribution is -2.32. The third-order valence-electron chi connectivity index (χ3n) is 2.94. The van der Waals surface area contributed by atoms with Crippen molar-refractivity contribution in [3.8, 4) is 0 Å². The summed E-state index contributed by atoms with van der Waals surface area (Å²) >= 11 is 0. The van der Waals surface area contributed by atoms with Crippen molar-refractivity contribution in [2.24, 2.45) is 5.92 Å². The molecule has 2 atom stereocenters. The second kappa shape index (κ2) is 4.68. The van der Waals surface area contributed by atoms with Crippen LogP contribution in [0.15, 0.2) is 18.7 Å². The van der Waals surface area contributed by atoms with Crippen LogP contribution < -0.4 is 5.32 Å². The van der Waals surface area contributed by atoms with Crippen molar-refractivity contribution < 1.29 is 4.74 Å². The molecule has 0 aromatic carbocycles. The van der Waals surface area contributed by atoms with Crippen molar-refractivity contribution in [1.29, 1.82) is 0 Å². The molecule has 1 aromatic rings. The molecular formula is C11H17N3O. The summed E-state index contributed by atoms with van der Waals surface area (Å²) in [4.78, 5) is 8.09. The van der Waals surface area contributed by atoms with Gasteiger partial charge < -0.3 is 10.1 Å². The zero-order valence-corrected chi connectivity index (χ0v) is 9.18. The number of methoxy groups -OCH3 is 1. The smallest absolute Gasteiger partial charge is 0.115 e. The predicted molar refractivity (Wildman–Crippen MR) is 57.4 cm³/mol. The quantitative estimate of drug-likeness (QED) is 0.787. The van der Waals surface area contributed by atoms with Crippen molar-refractivity contribution in [2.75, 3.05) is 14.2 Å². The number of aromatic nitrogens is 2. The molecule has 1 aliphatic carbocycles. The van der Waals surface area contributed by atoms with Crippen molar-refractivity contribution in [1.82, 2.24) is 15.3 Å². The van der Waals surface area contributed by atoms with E-state index in [0.717, 1.165) is 5.56 Å². The summed E-state index contributed by atoms with van der Waals surface area (Å²) in [6, 6.07) is 0.198. The van der Waals surface area contributed by atoms with E-state index in [-0.39, 0.29) is 12.1 Å². The van der Waals surface area contributed by atoms with E-state index < -0.39 is 0 Å². The fourth-order valence-corrected chi connectivity index (χ4v) is 2.02. The van der Waals surface area contributed by atoms with E-state index >= 15 is 0 Å². The van der Waals surface area contributed by atoms with Crippen LogP contribution >= 0.6 is 0 Å². The van der Waals surface area contributed by atoms with Crippen LogP contribution in [0.2, 0.25) is 0 Å². The highest BCUT2D eigenvalue weighted by atomic mass is 16.5. The number of likely N-dealkylation sites (N-methyl/N-ethyl adjacent to an activating group) is 1. The topological polar surface area (TPSA) is 47.0 Å². The highest BCUT2D eigenvalue weighted by Gasteiger charge is 2.37. The van der Waals surface area contributed by atoms with Gasteiger partial charge in [-0.15, -0.1) is 0 Å². The van der Waals surface area contributed by atoms with Gasteiger partial charge in [0.1, 0.15) is 6.33 Å². The minimum atomic E-state index is 0.198. The van der Waals surface area contributed by atoms with Crippen LogP contribution in [0.3, 0.4) is 0 Å². The van der Waals surface area contributed by atoms with Gasteiger partial charge in [0.15, 0.2) is 0 Å². The molecule has 0 amide bonds. The number of nitrogens with one attached hydrogen (secondary N) is 1. The van der Waals surface area contributed by atoms with Crippen LogP contribution in [-0.2, 0) is 4.74 Å². The lowest BCUT2D eigenvalue weighted by atomic mass is 10.0. The maximum atomic E-state index is 5.56. The maximum absolute atomic E-state index is 5.56. The molecule has 1 fully saturated rings. The maximum Gasteiger partial charge on any atom is 0.115 e. The first-order chi connectivity index (χ1) is 7.36. The predicted octanol–water partition coefficient (Wildman–Crippen LogP) is 1.16. The highest BCUT2D eigenvalue weighted by Crippen LogP contribution is 2.39. The Kier molecular flexibility index (Phi) is 3.28. The minimum Gasteiger partial charge on any atom is -0.379 e. The molecule has 0 aliphatic heterocycles. The Morgan fingerprint density at radius 2 is 2.07 bits per heavy atom. The van der Waals surface area contributed by atoms with Crippen LogP contribution in [-0.4, -0.2) is 30.2 Å². The molecule has 4 nitrogen and oxygen atoms in total. The third-order valence-corrected chi connectivity index (χ3v) is 2.94. The van der Waals surface area contributed by atoms with Crippen LogP contribution in [0, 0.1) is 5.92 Å². The van der Waals surface area contributed by atoms with E-state index in [9.17, 15) is 0 Å². The lowest BCUT2D eigenvalue weighted by Gasteiger charge is -2.25. The van der Waals surface area contributed by atoms with Crippen LogP contribution in [0.1, 0.15) is 24.4 Å². The van der Waals surface area contributed by atoms with E-state index in [1.165, 1.54) is 12.8 Å². The Bertz CT molecular complexity index is 300. The normalized spacial score (nSPS) is 19.9. The molecule has 0 radical (unpaired) electrons. The molecule has 15 heavy (non-hydrogen) atoms. The fraction of sp³-hybridized carbons (Fsp3) is 0.636. The average Bonchev–Trinajstić information content (AvgIpc) is 3.11. The molecule has 2 unspecified atom stereocenters. The van der Waals surface area contributed by atoms with Crippen molar-refractivity contribution in [3.63, 3.8) is 0 Å². The second-order valence-corrected chi connectivity index (χ2v) is 3.98. The van der Waals surface area contributed by atoms with Crippen molar-refractivity contribution in [3.05, 3.63) is 24.3 Å². The Hall–Kier alpha value is -1.00. The first-order valence-electron chi connectivity index (χ1n) is 5.31. The fourth-order valence-electron chi connectivity index (χ4n) is 2.02. The van der Waals surface area contributed by atoms with Gasteiger partial charge >= 0.3 is 0 Å². The van der Waals surface area contributed by atoms with Gasteiger partial charge in [0.05, 0.1) is 12.1 Å². The largest absolute Gasteiger partial charge is 0.379 e. The minimum absolute atomic E-state index is 0.198. The zero-order valence-electron chi connectivity index (χ0n) is 9.18. The summed E-state index contributed by atoms with van der Waals surface area (Å²) < 4.78 is 5.56. The summed E-state index contributed by atoms with van der Waals surface area (Å²) in [6.07, 6.45) is 8.02. The summed E-state index contributed by atoms with van der Waals surface area (Å²) in [5, 5.41) is 3.29. The molecule has 1 aliphatic rings. The molecule has 1 heterocycles. The van der Waals surface area contributed by atoms with Crippen LogP contribution in [0.25, 0.3) is 0 Å². The molecule has 0 spiro atoms. The summed E-state index contributed by atoms with van der Waals surface area (Å²) in [7, 11) is 3.73. The van der Waals surface area contributed by atoms with E-state index in [2.05, 4.69) is 15.3 Å². The van der Waals surface area contributed by atoms with Gasteiger partial charge in [-0.05, 0) is 25.8 Å². The summed E-state index contributed by atoms with van der Waals surface area (Å²) in [5.74, 6) is 0.688. The standard InChI is InChI=1S/C11H17N3O/c1-12-10(9-5-13-7-14-6-9)11(15-2)8-3-4-8/h5-8,10-12H,3-4H2,1-2H3. The van der Waals surface area contributed by atoms with E-state index in [0.29, 0.717) is 5.92 Å². The summed E-state index contributed by atoms with van der Waals surface area (Å²) in [6.45, 7) is 0. The van der Waals surface area contributed by atoms with Gasteiger partial charge in [-0.3, -0.25) is 0 Å². The van der Waals surface area contributed by atoms with E-state index in [1.54, 1.807) is 13.4 Å². The first-order valence-corrected chi connectivity index (χ1v) is 5.31. The molecule has 0 saturated heterocycles. The molecular weight excluding hydrogens is 190 g/mol. The van der Waals surface area contributed by atoms with Crippen LogP contribution in [0.4, 0.5) is 0 Å². The van der Waals surface area contributed by atoms with E-state index in [1.807, 2.05) is 19.4 Å². The zero-order chi connectivity index (χ0) is 10.7. The van der Waals surface area contributed by atoms with Crippen LogP contribution in [0.5, 0.6) is 0 Å². The van der Waals surface area contributed by atoms with Gasteiger partial charge in [-0.2, -0.15) is 0 Å². The summed E-state index contributed by atoms with van der Waals surface area (Å²) in [5.41, 5.74) is 1.10. The number of hydrogen-bond acceptors (Lipinski definition) is 4. The molecule has 1 saturated carbocycles. The highest BCUT2D eigenvalue weighted by molar-refractivity contribution is 5.13. The Morgan fingerprint density at radius 1 is 1.40 bits per heavy atom. The molecule has 1 aromatic heterocycles. The van der Waals surface area contributed by atoms with Gasteiger partial charge in [-0.25, -0.2) is 9.97 Å². The number of nitrogens with zero attached hydrogens (tertiary/aromatic N) is 2. The Labute approximate surface area is 90.1 Å². The molecule has 0 bridgehead atoms. The molecule has 82 valence electrons. The average molecular weight is 207 g/mol. The van der Waals surface area contributed by atoms with Gasteiger partial charge in [0, 0.05) is 25.1 Å². The molecule has 4 heteroatoms. The lowest BCUT2D eigenvalue weighted by molar-refractivity contribution is 0.0528. The van der Waals surface area contributed by atoms with E-state index in [4.69, 9.17) is 4.74 Å². The first kappa shape index (κ1) is 10.5. The Balaban J connectivity index is 2.15. The number of hydrogen-bond donors (Lipinski definition) is 1.